The molecule has 0 saturated heterocycles. The van der Waals surface area contributed by atoms with Crippen LogP contribution in [0.1, 0.15) is 30.9 Å². The van der Waals surface area contributed by atoms with E-state index in [9.17, 15) is 4.79 Å². The van der Waals surface area contributed by atoms with Gasteiger partial charge in [0.1, 0.15) is 5.75 Å². The zero-order valence-corrected chi connectivity index (χ0v) is 12.7. The fourth-order valence-electron chi connectivity index (χ4n) is 3.07. The largest absolute Gasteiger partial charge is 0.497 e. The monoisotopic (exact) mass is 277 g/mol. The highest BCUT2D eigenvalue weighted by Crippen LogP contribution is 2.44. The smallest absolute Gasteiger partial charge is 0.308 e. The standard InChI is InChI=1S/C16H23NO3/c1-5-20-15(18)11-16(17(2)3)9-8-12-6-7-13(19-4)10-14(12)16/h6-7,10H,5,8-9,11H2,1-4H3. The highest BCUT2D eigenvalue weighted by atomic mass is 16.5. The van der Waals surface area contributed by atoms with Crippen molar-refractivity contribution in [3.05, 3.63) is 29.3 Å². The molecule has 0 saturated carbocycles. The van der Waals surface area contributed by atoms with Crippen LogP contribution in [0.4, 0.5) is 0 Å². The van der Waals surface area contributed by atoms with Crippen LogP contribution in [0.2, 0.25) is 0 Å². The van der Waals surface area contributed by atoms with Gasteiger partial charge in [-0.1, -0.05) is 6.07 Å². The van der Waals surface area contributed by atoms with Crippen LogP contribution >= 0.6 is 0 Å². The Hall–Kier alpha value is -1.55. The third kappa shape index (κ3) is 2.52. The SMILES string of the molecule is CCOC(=O)CC1(N(C)C)CCc2ccc(OC)cc21. The number of hydrogen-bond donors (Lipinski definition) is 0. The molecule has 20 heavy (non-hydrogen) atoms. The number of fused-ring (bicyclic) bond motifs is 1. The molecular weight excluding hydrogens is 254 g/mol. The lowest BCUT2D eigenvalue weighted by Crippen LogP contribution is -2.41. The van der Waals surface area contributed by atoms with Gasteiger partial charge >= 0.3 is 5.97 Å². The summed E-state index contributed by atoms with van der Waals surface area (Å²) in [5, 5.41) is 0. The van der Waals surface area contributed by atoms with E-state index >= 15 is 0 Å². The lowest BCUT2D eigenvalue weighted by atomic mass is 9.87. The van der Waals surface area contributed by atoms with Crippen molar-refractivity contribution < 1.29 is 14.3 Å². The molecule has 1 atom stereocenters. The summed E-state index contributed by atoms with van der Waals surface area (Å²) in [6.45, 7) is 2.26. The van der Waals surface area contributed by atoms with Crippen molar-refractivity contribution in [2.24, 2.45) is 0 Å². The second-order valence-corrected chi connectivity index (χ2v) is 5.43. The maximum absolute atomic E-state index is 12.0. The van der Waals surface area contributed by atoms with Crippen LogP contribution in [0.3, 0.4) is 0 Å². The molecule has 1 unspecified atom stereocenters. The number of nitrogens with zero attached hydrogens (tertiary/aromatic N) is 1. The zero-order chi connectivity index (χ0) is 14.8. The lowest BCUT2D eigenvalue weighted by molar-refractivity contribution is -0.146. The van der Waals surface area contributed by atoms with Crippen molar-refractivity contribution >= 4 is 5.97 Å². The summed E-state index contributed by atoms with van der Waals surface area (Å²) in [6.07, 6.45) is 2.30. The fourth-order valence-corrected chi connectivity index (χ4v) is 3.07. The fraction of sp³-hybridized carbons (Fsp3) is 0.562. The van der Waals surface area contributed by atoms with Crippen molar-refractivity contribution in [2.75, 3.05) is 27.8 Å². The zero-order valence-electron chi connectivity index (χ0n) is 12.7. The van der Waals surface area contributed by atoms with Crippen LogP contribution in [0.15, 0.2) is 18.2 Å². The molecule has 0 aliphatic heterocycles. The van der Waals surface area contributed by atoms with Crippen molar-refractivity contribution in [3.63, 3.8) is 0 Å². The first-order valence-electron chi connectivity index (χ1n) is 7.04. The third-order valence-corrected chi connectivity index (χ3v) is 4.22. The Balaban J connectivity index is 2.39. The number of benzene rings is 1. The lowest BCUT2D eigenvalue weighted by Gasteiger charge is -2.36. The van der Waals surface area contributed by atoms with E-state index in [-0.39, 0.29) is 11.5 Å². The second-order valence-electron chi connectivity index (χ2n) is 5.43. The van der Waals surface area contributed by atoms with Gasteiger partial charge in [-0.2, -0.15) is 0 Å². The number of esters is 1. The summed E-state index contributed by atoms with van der Waals surface area (Å²) < 4.78 is 10.5. The van der Waals surface area contributed by atoms with Crippen LogP contribution in [-0.2, 0) is 21.5 Å². The Bertz CT molecular complexity index is 498. The first-order chi connectivity index (χ1) is 9.53. The van der Waals surface area contributed by atoms with E-state index in [0.29, 0.717) is 13.0 Å². The van der Waals surface area contributed by atoms with Gasteiger partial charge in [-0.05, 0) is 57.1 Å². The summed E-state index contributed by atoms with van der Waals surface area (Å²) in [6, 6.07) is 6.14. The van der Waals surface area contributed by atoms with Crippen molar-refractivity contribution in [3.8, 4) is 5.75 Å². The molecule has 0 spiro atoms. The predicted molar refractivity (Wildman–Crippen MR) is 77.9 cm³/mol. The average Bonchev–Trinajstić information content (AvgIpc) is 2.78. The molecule has 1 aromatic carbocycles. The highest BCUT2D eigenvalue weighted by Gasteiger charge is 2.43. The normalized spacial score (nSPS) is 20.9. The Morgan fingerprint density at radius 2 is 2.15 bits per heavy atom. The van der Waals surface area contributed by atoms with Gasteiger partial charge in [0.05, 0.1) is 25.7 Å². The summed E-state index contributed by atoms with van der Waals surface area (Å²) in [5.41, 5.74) is 2.20. The van der Waals surface area contributed by atoms with E-state index in [1.54, 1.807) is 7.11 Å². The van der Waals surface area contributed by atoms with Crippen molar-refractivity contribution in [1.82, 2.24) is 4.90 Å². The molecule has 0 bridgehead atoms. The Morgan fingerprint density at radius 1 is 1.40 bits per heavy atom. The molecule has 0 amide bonds. The third-order valence-electron chi connectivity index (χ3n) is 4.22. The minimum atomic E-state index is -0.282. The maximum Gasteiger partial charge on any atom is 0.308 e. The van der Waals surface area contributed by atoms with Crippen LogP contribution < -0.4 is 4.74 Å². The predicted octanol–water partition coefficient (Wildman–Crippen LogP) is 2.35. The number of carbonyl (C=O) groups is 1. The molecule has 0 heterocycles. The van der Waals surface area contributed by atoms with Gasteiger partial charge in [-0.15, -0.1) is 0 Å². The summed E-state index contributed by atoms with van der Waals surface area (Å²) >= 11 is 0. The molecule has 2 rings (SSSR count). The van der Waals surface area contributed by atoms with Gasteiger partial charge in [0.2, 0.25) is 0 Å². The molecule has 0 radical (unpaired) electrons. The van der Waals surface area contributed by atoms with E-state index < -0.39 is 0 Å². The summed E-state index contributed by atoms with van der Waals surface area (Å²) in [5.74, 6) is 0.692. The topological polar surface area (TPSA) is 38.8 Å². The number of ether oxygens (including phenoxy) is 2. The van der Waals surface area contributed by atoms with E-state index in [4.69, 9.17) is 9.47 Å². The van der Waals surface area contributed by atoms with Crippen LogP contribution in [0, 0.1) is 0 Å². The number of hydrogen-bond acceptors (Lipinski definition) is 4. The van der Waals surface area contributed by atoms with Gasteiger partial charge in [0.15, 0.2) is 0 Å². The Kier molecular flexibility index (Phi) is 4.33. The maximum atomic E-state index is 12.0. The van der Waals surface area contributed by atoms with E-state index in [0.717, 1.165) is 18.6 Å². The molecule has 1 aliphatic carbocycles. The van der Waals surface area contributed by atoms with Crippen LogP contribution in [-0.4, -0.2) is 38.7 Å². The number of carbonyl (C=O) groups excluding carboxylic acids is 1. The molecule has 0 fully saturated rings. The number of rotatable bonds is 5. The summed E-state index contributed by atoms with van der Waals surface area (Å²) in [4.78, 5) is 14.1. The number of aryl methyl sites for hydroxylation is 1. The molecule has 1 aromatic rings. The summed E-state index contributed by atoms with van der Waals surface area (Å²) in [7, 11) is 5.71. The minimum absolute atomic E-state index is 0.142. The van der Waals surface area contributed by atoms with E-state index in [1.807, 2.05) is 27.1 Å². The van der Waals surface area contributed by atoms with Gasteiger partial charge < -0.3 is 9.47 Å². The van der Waals surface area contributed by atoms with Crippen LogP contribution in [0.5, 0.6) is 5.75 Å². The highest BCUT2D eigenvalue weighted by molar-refractivity contribution is 5.72. The van der Waals surface area contributed by atoms with Crippen molar-refractivity contribution in [2.45, 2.75) is 31.7 Å². The van der Waals surface area contributed by atoms with E-state index in [2.05, 4.69) is 17.0 Å². The van der Waals surface area contributed by atoms with Crippen LogP contribution in [0.25, 0.3) is 0 Å². The van der Waals surface area contributed by atoms with E-state index in [1.165, 1.54) is 11.1 Å². The Labute approximate surface area is 120 Å². The molecule has 4 heteroatoms. The van der Waals surface area contributed by atoms with Gasteiger partial charge in [0.25, 0.3) is 0 Å². The van der Waals surface area contributed by atoms with Gasteiger partial charge in [-0.25, -0.2) is 0 Å². The average molecular weight is 277 g/mol. The quantitative estimate of drug-likeness (QED) is 0.774. The number of methoxy groups -OCH3 is 1. The van der Waals surface area contributed by atoms with Gasteiger partial charge in [0, 0.05) is 0 Å². The molecule has 110 valence electrons. The molecule has 0 N–H and O–H groups in total. The minimum Gasteiger partial charge on any atom is -0.497 e. The molecule has 1 aliphatic rings. The Morgan fingerprint density at radius 3 is 2.75 bits per heavy atom. The second kappa shape index (κ2) is 5.83. The molecular formula is C16H23NO3. The molecule has 4 nitrogen and oxygen atoms in total. The first-order valence-corrected chi connectivity index (χ1v) is 7.04. The van der Waals surface area contributed by atoms with Crippen molar-refractivity contribution in [1.29, 1.82) is 0 Å². The molecule has 0 aromatic heterocycles. The van der Waals surface area contributed by atoms with Gasteiger partial charge in [-0.3, -0.25) is 9.69 Å². The first kappa shape index (κ1) is 14.9.